The van der Waals surface area contributed by atoms with E-state index in [-0.39, 0.29) is 35.2 Å². The van der Waals surface area contributed by atoms with E-state index in [0.717, 1.165) is 6.07 Å². The molecule has 0 bridgehead atoms. The van der Waals surface area contributed by atoms with E-state index < -0.39 is 30.9 Å². The molecule has 0 N–H and O–H groups in total. The van der Waals surface area contributed by atoms with Crippen LogP contribution in [0.25, 0.3) is 0 Å². The molecule has 1 unspecified atom stereocenters. The molecular formula is C16H24FNO4S2. The molecule has 0 amide bonds. The summed E-state index contributed by atoms with van der Waals surface area (Å²) in [6.45, 7) is 5.41. The topological polar surface area (TPSA) is 71.5 Å². The number of piperidine rings is 1. The first kappa shape index (κ1) is 19.3. The molecule has 1 aromatic carbocycles. The van der Waals surface area contributed by atoms with Crippen LogP contribution in [0.15, 0.2) is 23.1 Å². The summed E-state index contributed by atoms with van der Waals surface area (Å²) in [5.74, 6) is -0.409. The van der Waals surface area contributed by atoms with Crippen molar-refractivity contribution < 1.29 is 21.2 Å². The van der Waals surface area contributed by atoms with E-state index in [1.807, 2.05) is 13.8 Å². The number of benzene rings is 1. The van der Waals surface area contributed by atoms with Crippen molar-refractivity contribution in [3.05, 3.63) is 29.6 Å². The Morgan fingerprint density at radius 2 is 1.92 bits per heavy atom. The quantitative estimate of drug-likeness (QED) is 0.790. The highest BCUT2D eigenvalue weighted by Crippen LogP contribution is 2.26. The lowest BCUT2D eigenvalue weighted by molar-refractivity contribution is 0.345. The average molecular weight is 378 g/mol. The molecule has 24 heavy (non-hydrogen) atoms. The molecule has 1 aliphatic rings. The number of sulfone groups is 1. The highest BCUT2D eigenvalue weighted by molar-refractivity contribution is 7.92. The summed E-state index contributed by atoms with van der Waals surface area (Å²) in [6.07, 6.45) is 0.977. The Morgan fingerprint density at radius 3 is 2.50 bits per heavy atom. The van der Waals surface area contributed by atoms with Gasteiger partial charge in [0, 0.05) is 13.1 Å². The van der Waals surface area contributed by atoms with Gasteiger partial charge in [-0.2, -0.15) is 4.31 Å². The molecule has 0 spiro atoms. The maximum absolute atomic E-state index is 13.4. The van der Waals surface area contributed by atoms with Gasteiger partial charge in [0.2, 0.25) is 10.0 Å². The van der Waals surface area contributed by atoms with Crippen molar-refractivity contribution in [2.45, 2.75) is 43.8 Å². The predicted octanol–water partition coefficient (Wildman–Crippen LogP) is 2.36. The summed E-state index contributed by atoms with van der Waals surface area (Å²) in [5.41, 5.74) is 0.247. The Hall–Kier alpha value is -0.990. The van der Waals surface area contributed by atoms with Gasteiger partial charge in [0.15, 0.2) is 9.84 Å². The predicted molar refractivity (Wildman–Crippen MR) is 91.5 cm³/mol. The number of hydrogen-bond acceptors (Lipinski definition) is 4. The molecule has 136 valence electrons. The maximum Gasteiger partial charge on any atom is 0.243 e. The molecule has 8 heteroatoms. The zero-order chi connectivity index (χ0) is 18.1. The molecule has 1 saturated heterocycles. The van der Waals surface area contributed by atoms with E-state index >= 15 is 0 Å². The van der Waals surface area contributed by atoms with E-state index in [0.29, 0.717) is 12.8 Å². The Kier molecular flexibility index (Phi) is 5.71. The van der Waals surface area contributed by atoms with Gasteiger partial charge in [-0.25, -0.2) is 21.2 Å². The third-order valence-electron chi connectivity index (χ3n) is 4.18. The Bertz CT molecular complexity index is 803. The number of nitrogens with zero attached hydrogens (tertiary/aromatic N) is 1. The summed E-state index contributed by atoms with van der Waals surface area (Å²) in [7, 11) is -7.16. The third-order valence-corrected chi connectivity index (χ3v) is 8.57. The molecule has 1 aliphatic heterocycles. The summed E-state index contributed by atoms with van der Waals surface area (Å²) in [5, 5.41) is -0.676. The monoisotopic (exact) mass is 377 g/mol. The van der Waals surface area contributed by atoms with Crippen molar-refractivity contribution in [1.29, 1.82) is 0 Å². The van der Waals surface area contributed by atoms with E-state index in [1.165, 1.54) is 23.4 Å². The number of halogens is 1. The largest absolute Gasteiger partial charge is 0.243 e. The molecule has 0 aromatic heterocycles. The van der Waals surface area contributed by atoms with Gasteiger partial charge in [0.05, 0.1) is 15.9 Å². The minimum absolute atomic E-state index is 0.00160. The van der Waals surface area contributed by atoms with Crippen molar-refractivity contribution in [2.75, 3.05) is 18.8 Å². The van der Waals surface area contributed by atoms with Gasteiger partial charge >= 0.3 is 0 Å². The smallest absolute Gasteiger partial charge is 0.228 e. The standard InChI is InChI=1S/C16H24FNO4S2/c1-12(2)11-23(19,20)15-5-4-8-18(10-15)24(21,22)14-6-7-16(17)13(3)9-14/h6-7,9,12,15H,4-5,8,10-11H2,1-3H3. The van der Waals surface area contributed by atoms with Crippen LogP contribution in [-0.4, -0.2) is 45.2 Å². The molecule has 0 aliphatic carbocycles. The zero-order valence-electron chi connectivity index (χ0n) is 14.2. The van der Waals surface area contributed by atoms with Crippen LogP contribution in [0, 0.1) is 18.7 Å². The van der Waals surface area contributed by atoms with Crippen molar-refractivity contribution in [3.8, 4) is 0 Å². The van der Waals surface area contributed by atoms with Gasteiger partial charge in [-0.1, -0.05) is 13.8 Å². The van der Waals surface area contributed by atoms with E-state index in [9.17, 15) is 21.2 Å². The lowest BCUT2D eigenvalue weighted by atomic mass is 10.2. The minimum atomic E-state index is -3.82. The van der Waals surface area contributed by atoms with Crippen LogP contribution in [-0.2, 0) is 19.9 Å². The molecular weight excluding hydrogens is 353 g/mol. The maximum atomic E-state index is 13.4. The van der Waals surface area contributed by atoms with Crippen LogP contribution in [0.4, 0.5) is 4.39 Å². The number of hydrogen-bond donors (Lipinski definition) is 0. The minimum Gasteiger partial charge on any atom is -0.228 e. The first-order valence-corrected chi connectivity index (χ1v) is 11.2. The van der Waals surface area contributed by atoms with E-state index in [2.05, 4.69) is 0 Å². The fraction of sp³-hybridized carbons (Fsp3) is 0.625. The number of rotatable bonds is 5. The summed E-state index contributed by atoms with van der Waals surface area (Å²) < 4.78 is 65.0. The van der Waals surface area contributed by atoms with Crippen LogP contribution in [0.1, 0.15) is 32.3 Å². The Labute approximate surface area is 143 Å². The van der Waals surface area contributed by atoms with Gasteiger partial charge in [-0.05, 0) is 49.4 Å². The van der Waals surface area contributed by atoms with E-state index in [1.54, 1.807) is 0 Å². The Balaban J connectivity index is 2.26. The second kappa shape index (κ2) is 7.09. The van der Waals surface area contributed by atoms with Crippen LogP contribution in [0.5, 0.6) is 0 Å². The van der Waals surface area contributed by atoms with Crippen LogP contribution in [0.3, 0.4) is 0 Å². The number of aryl methyl sites for hydroxylation is 1. The highest BCUT2D eigenvalue weighted by atomic mass is 32.2. The Morgan fingerprint density at radius 1 is 1.25 bits per heavy atom. The summed E-state index contributed by atoms with van der Waals surface area (Å²) in [4.78, 5) is 0.00306. The molecule has 1 heterocycles. The van der Waals surface area contributed by atoms with E-state index in [4.69, 9.17) is 0 Å². The SMILES string of the molecule is Cc1cc(S(=O)(=O)N2CCCC(S(=O)(=O)CC(C)C)C2)ccc1F. The molecule has 5 nitrogen and oxygen atoms in total. The average Bonchev–Trinajstić information content (AvgIpc) is 2.49. The molecule has 1 aromatic rings. The highest BCUT2D eigenvalue weighted by Gasteiger charge is 2.36. The fourth-order valence-electron chi connectivity index (χ4n) is 2.94. The van der Waals surface area contributed by atoms with Gasteiger partial charge < -0.3 is 0 Å². The first-order valence-electron chi connectivity index (χ1n) is 8.02. The van der Waals surface area contributed by atoms with Crippen molar-refractivity contribution in [2.24, 2.45) is 5.92 Å². The number of sulfonamides is 1. The van der Waals surface area contributed by atoms with Crippen molar-refractivity contribution >= 4 is 19.9 Å². The summed E-state index contributed by atoms with van der Waals surface area (Å²) >= 11 is 0. The second-order valence-electron chi connectivity index (χ2n) is 6.76. The van der Waals surface area contributed by atoms with Gasteiger partial charge in [-0.3, -0.25) is 0 Å². The normalized spacial score (nSPS) is 20.5. The van der Waals surface area contributed by atoms with Gasteiger partial charge in [0.1, 0.15) is 5.82 Å². The van der Waals surface area contributed by atoms with Crippen LogP contribution < -0.4 is 0 Å². The van der Waals surface area contributed by atoms with Gasteiger partial charge in [0.25, 0.3) is 0 Å². The third kappa shape index (κ3) is 4.15. The van der Waals surface area contributed by atoms with Crippen molar-refractivity contribution in [1.82, 2.24) is 4.31 Å². The molecule has 1 atom stereocenters. The molecule has 0 saturated carbocycles. The molecule has 0 radical (unpaired) electrons. The van der Waals surface area contributed by atoms with Crippen molar-refractivity contribution in [3.63, 3.8) is 0 Å². The molecule has 1 fully saturated rings. The van der Waals surface area contributed by atoms with Gasteiger partial charge in [-0.15, -0.1) is 0 Å². The second-order valence-corrected chi connectivity index (χ2v) is 11.0. The first-order chi connectivity index (χ1) is 11.0. The van der Waals surface area contributed by atoms with Crippen LogP contribution in [0.2, 0.25) is 0 Å². The van der Waals surface area contributed by atoms with Crippen LogP contribution >= 0.6 is 0 Å². The zero-order valence-corrected chi connectivity index (χ0v) is 15.8. The lowest BCUT2D eigenvalue weighted by Gasteiger charge is -2.32. The summed E-state index contributed by atoms with van der Waals surface area (Å²) in [6, 6.07) is 3.64. The molecule has 2 rings (SSSR count). The fourth-order valence-corrected chi connectivity index (χ4v) is 6.78. The lowest BCUT2D eigenvalue weighted by Crippen LogP contribution is -2.46.